The van der Waals surface area contributed by atoms with Crippen molar-refractivity contribution in [2.24, 2.45) is 0 Å². The molecule has 1 saturated heterocycles. The molecule has 0 radical (unpaired) electrons. The number of carbonyl (C=O) groups excluding carboxylic acids is 1. The monoisotopic (exact) mass is 266 g/mol. The molecule has 1 N–H and O–H groups in total. The van der Waals surface area contributed by atoms with Crippen LogP contribution in [0.3, 0.4) is 0 Å². The lowest BCUT2D eigenvalue weighted by atomic mass is 10.1. The summed E-state index contributed by atoms with van der Waals surface area (Å²) in [4.78, 5) is 13.4. The van der Waals surface area contributed by atoms with Gasteiger partial charge < -0.3 is 15.0 Å². The lowest BCUT2D eigenvalue weighted by molar-refractivity contribution is -0.141. The van der Waals surface area contributed by atoms with Crippen LogP contribution in [0.1, 0.15) is 13.3 Å². The first-order valence-electron chi connectivity index (χ1n) is 6.42. The first kappa shape index (κ1) is 13.8. The first-order valence-corrected chi connectivity index (χ1v) is 6.42. The number of anilines is 1. The summed E-state index contributed by atoms with van der Waals surface area (Å²) in [5.41, 5.74) is 0.851. The number of carbonyl (C=O) groups is 1. The Bertz CT molecular complexity index is 453. The van der Waals surface area contributed by atoms with Crippen LogP contribution in [0.15, 0.2) is 24.3 Å². The quantitative estimate of drug-likeness (QED) is 0.843. The molecule has 2 rings (SSSR count). The van der Waals surface area contributed by atoms with Crippen LogP contribution < -0.4 is 10.2 Å². The fraction of sp³-hybridized carbons (Fsp3) is 0.500. The maximum Gasteiger partial charge on any atom is 0.307 e. The molecule has 1 aromatic rings. The van der Waals surface area contributed by atoms with Gasteiger partial charge in [-0.1, -0.05) is 6.07 Å². The predicted octanol–water partition coefficient (Wildman–Crippen LogP) is 1.56. The molecule has 0 saturated carbocycles. The maximum absolute atomic E-state index is 13.3. The van der Waals surface area contributed by atoms with E-state index in [2.05, 4.69) is 21.9 Å². The molecule has 0 aliphatic carbocycles. The third kappa shape index (κ3) is 3.44. The van der Waals surface area contributed by atoms with Crippen LogP contribution in [-0.4, -0.2) is 38.3 Å². The van der Waals surface area contributed by atoms with Crippen LogP contribution in [-0.2, 0) is 9.53 Å². The van der Waals surface area contributed by atoms with Crippen LogP contribution in [0.5, 0.6) is 0 Å². The second-order valence-electron chi connectivity index (χ2n) is 4.87. The van der Waals surface area contributed by atoms with E-state index >= 15 is 0 Å². The van der Waals surface area contributed by atoms with E-state index in [9.17, 15) is 9.18 Å². The van der Waals surface area contributed by atoms with Gasteiger partial charge in [0.05, 0.1) is 13.5 Å². The lowest BCUT2D eigenvalue weighted by Crippen LogP contribution is -2.56. The normalized spacial score (nSPS) is 23.2. The number of esters is 1. The molecule has 1 aromatic carbocycles. The Morgan fingerprint density at radius 1 is 1.58 bits per heavy atom. The van der Waals surface area contributed by atoms with E-state index in [1.165, 1.54) is 19.2 Å². The molecular formula is C14H19FN2O2. The van der Waals surface area contributed by atoms with Crippen molar-refractivity contribution in [3.05, 3.63) is 30.1 Å². The second kappa shape index (κ2) is 6.02. The minimum atomic E-state index is -0.243. The molecule has 0 amide bonds. The molecule has 1 aliphatic rings. The number of hydrogen-bond acceptors (Lipinski definition) is 4. The molecular weight excluding hydrogens is 247 g/mol. The van der Waals surface area contributed by atoms with E-state index in [1.807, 2.05) is 6.07 Å². The number of nitrogens with one attached hydrogen (secondary N) is 1. The average molecular weight is 266 g/mol. The molecule has 0 aromatic heterocycles. The third-order valence-electron chi connectivity index (χ3n) is 3.43. The van der Waals surface area contributed by atoms with Crippen LogP contribution in [0.25, 0.3) is 0 Å². The van der Waals surface area contributed by atoms with Crippen molar-refractivity contribution in [1.82, 2.24) is 5.32 Å². The fourth-order valence-electron chi connectivity index (χ4n) is 2.37. The summed E-state index contributed by atoms with van der Waals surface area (Å²) in [7, 11) is 1.39. The van der Waals surface area contributed by atoms with E-state index in [-0.39, 0.29) is 23.9 Å². The van der Waals surface area contributed by atoms with Crippen molar-refractivity contribution < 1.29 is 13.9 Å². The number of halogens is 1. The van der Waals surface area contributed by atoms with Crippen molar-refractivity contribution in [3.63, 3.8) is 0 Å². The van der Waals surface area contributed by atoms with Gasteiger partial charge in [-0.3, -0.25) is 4.79 Å². The van der Waals surface area contributed by atoms with Gasteiger partial charge >= 0.3 is 5.97 Å². The van der Waals surface area contributed by atoms with Gasteiger partial charge in [-0.25, -0.2) is 4.39 Å². The summed E-state index contributed by atoms with van der Waals surface area (Å²) in [6.45, 7) is 3.50. The van der Waals surface area contributed by atoms with Gasteiger partial charge in [0.15, 0.2) is 0 Å². The number of nitrogens with zero attached hydrogens (tertiary/aromatic N) is 1. The predicted molar refractivity (Wildman–Crippen MR) is 71.6 cm³/mol. The van der Waals surface area contributed by atoms with Crippen LogP contribution in [0.4, 0.5) is 10.1 Å². The third-order valence-corrected chi connectivity index (χ3v) is 3.43. The van der Waals surface area contributed by atoms with Gasteiger partial charge in [0.2, 0.25) is 0 Å². The first-order chi connectivity index (χ1) is 9.10. The highest BCUT2D eigenvalue weighted by atomic mass is 19.1. The van der Waals surface area contributed by atoms with E-state index in [1.54, 1.807) is 6.07 Å². The van der Waals surface area contributed by atoms with E-state index < -0.39 is 0 Å². The Hall–Kier alpha value is -1.62. The molecule has 1 heterocycles. The van der Waals surface area contributed by atoms with Crippen LogP contribution in [0, 0.1) is 5.82 Å². The van der Waals surface area contributed by atoms with Crippen molar-refractivity contribution >= 4 is 11.7 Å². The van der Waals surface area contributed by atoms with Gasteiger partial charge in [-0.05, 0) is 25.1 Å². The molecule has 5 heteroatoms. The summed E-state index contributed by atoms with van der Waals surface area (Å²) >= 11 is 0. The molecule has 2 atom stereocenters. The van der Waals surface area contributed by atoms with Gasteiger partial charge in [0.25, 0.3) is 0 Å². The molecule has 4 nitrogen and oxygen atoms in total. The summed E-state index contributed by atoms with van der Waals surface area (Å²) in [6, 6.07) is 6.84. The van der Waals surface area contributed by atoms with Gasteiger partial charge in [0, 0.05) is 30.9 Å². The number of ether oxygens (including phenoxy) is 1. The van der Waals surface area contributed by atoms with Crippen molar-refractivity contribution in [2.45, 2.75) is 25.4 Å². The molecule has 0 bridgehead atoms. The Labute approximate surface area is 112 Å². The summed E-state index contributed by atoms with van der Waals surface area (Å²) in [5, 5.41) is 3.31. The molecule has 1 fully saturated rings. The van der Waals surface area contributed by atoms with E-state index in [0.29, 0.717) is 13.0 Å². The number of benzene rings is 1. The van der Waals surface area contributed by atoms with Crippen LogP contribution >= 0.6 is 0 Å². The van der Waals surface area contributed by atoms with Crippen molar-refractivity contribution in [1.29, 1.82) is 0 Å². The molecule has 2 unspecified atom stereocenters. The second-order valence-corrected chi connectivity index (χ2v) is 4.87. The van der Waals surface area contributed by atoms with E-state index in [4.69, 9.17) is 0 Å². The fourth-order valence-corrected chi connectivity index (χ4v) is 2.37. The Kier molecular flexibility index (Phi) is 4.37. The number of rotatable bonds is 3. The topological polar surface area (TPSA) is 41.6 Å². The molecule has 104 valence electrons. The highest BCUT2D eigenvalue weighted by molar-refractivity contribution is 5.70. The van der Waals surface area contributed by atoms with Gasteiger partial charge in [-0.2, -0.15) is 0 Å². The zero-order valence-corrected chi connectivity index (χ0v) is 11.2. The van der Waals surface area contributed by atoms with Crippen LogP contribution in [0.2, 0.25) is 0 Å². The van der Waals surface area contributed by atoms with Gasteiger partial charge in [0.1, 0.15) is 5.82 Å². The Balaban J connectivity index is 2.08. The standard InChI is InChI=1S/C14H19FN2O2/c1-10-8-16-12(7-14(18)19-2)9-17(10)13-5-3-4-11(15)6-13/h3-6,10,12,16H,7-9H2,1-2H3. The summed E-state index contributed by atoms with van der Waals surface area (Å²) in [6.07, 6.45) is 0.328. The minimum absolute atomic E-state index is 0.0342. The number of hydrogen-bond donors (Lipinski definition) is 1. The lowest BCUT2D eigenvalue weighted by Gasteiger charge is -2.40. The van der Waals surface area contributed by atoms with Crippen molar-refractivity contribution in [2.75, 3.05) is 25.1 Å². The average Bonchev–Trinajstić information content (AvgIpc) is 2.40. The van der Waals surface area contributed by atoms with Gasteiger partial charge in [-0.15, -0.1) is 0 Å². The Morgan fingerprint density at radius 3 is 3.05 bits per heavy atom. The SMILES string of the molecule is COC(=O)CC1CN(c2cccc(F)c2)C(C)CN1. The van der Waals surface area contributed by atoms with Crippen molar-refractivity contribution in [3.8, 4) is 0 Å². The molecule has 19 heavy (non-hydrogen) atoms. The largest absolute Gasteiger partial charge is 0.469 e. The molecule has 1 aliphatic heterocycles. The summed E-state index contributed by atoms with van der Waals surface area (Å²) in [5.74, 6) is -0.473. The molecule has 0 spiro atoms. The highest BCUT2D eigenvalue weighted by Crippen LogP contribution is 2.21. The highest BCUT2D eigenvalue weighted by Gasteiger charge is 2.27. The zero-order valence-electron chi connectivity index (χ0n) is 11.2. The number of piperazine rings is 1. The minimum Gasteiger partial charge on any atom is -0.469 e. The Morgan fingerprint density at radius 2 is 2.37 bits per heavy atom. The zero-order chi connectivity index (χ0) is 13.8. The number of methoxy groups -OCH3 is 1. The van der Waals surface area contributed by atoms with E-state index in [0.717, 1.165) is 12.2 Å². The smallest absolute Gasteiger partial charge is 0.307 e. The summed E-state index contributed by atoms with van der Waals surface area (Å²) < 4.78 is 18.0. The maximum atomic E-state index is 13.3.